The van der Waals surface area contributed by atoms with E-state index in [-0.39, 0.29) is 11.8 Å². The third-order valence-electron chi connectivity index (χ3n) is 3.38. The Kier molecular flexibility index (Phi) is 4.93. The first-order valence-electron chi connectivity index (χ1n) is 6.81. The van der Waals surface area contributed by atoms with Gasteiger partial charge in [0.25, 0.3) is 0 Å². The van der Waals surface area contributed by atoms with Gasteiger partial charge in [-0.2, -0.15) is 0 Å². The number of nitrogens with two attached hydrogens (primary N) is 1. The van der Waals surface area contributed by atoms with Gasteiger partial charge in [0.15, 0.2) is 5.76 Å². The van der Waals surface area contributed by atoms with E-state index in [1.807, 2.05) is 13.0 Å². The monoisotopic (exact) mass is 266 g/mol. The molecular formula is C13H22N4O2. The van der Waals surface area contributed by atoms with E-state index in [1.165, 1.54) is 0 Å². The Hall–Kier alpha value is -1.40. The predicted octanol–water partition coefficient (Wildman–Crippen LogP) is 0.270. The van der Waals surface area contributed by atoms with E-state index in [4.69, 9.17) is 10.3 Å². The van der Waals surface area contributed by atoms with Crippen molar-refractivity contribution in [2.24, 2.45) is 11.7 Å². The number of hydrogen-bond acceptors (Lipinski definition) is 5. The molecule has 1 aromatic rings. The average molecular weight is 266 g/mol. The highest BCUT2D eigenvalue weighted by molar-refractivity contribution is 5.78. The summed E-state index contributed by atoms with van der Waals surface area (Å²) in [6, 6.07) is 1.94. The fourth-order valence-corrected chi connectivity index (χ4v) is 2.46. The summed E-state index contributed by atoms with van der Waals surface area (Å²) in [5.41, 5.74) is 6.29. The van der Waals surface area contributed by atoms with Gasteiger partial charge in [0.2, 0.25) is 5.91 Å². The zero-order valence-corrected chi connectivity index (χ0v) is 11.4. The third kappa shape index (κ3) is 4.04. The molecule has 2 rings (SSSR count). The molecule has 1 aromatic heterocycles. The molecular weight excluding hydrogens is 244 g/mol. The molecule has 6 heteroatoms. The molecule has 0 bridgehead atoms. The topological polar surface area (TPSA) is 84.4 Å². The van der Waals surface area contributed by atoms with E-state index in [2.05, 4.69) is 15.4 Å². The molecule has 1 amide bonds. The van der Waals surface area contributed by atoms with Crippen molar-refractivity contribution in [3.05, 3.63) is 17.5 Å². The molecule has 1 aliphatic heterocycles. The number of piperidine rings is 1. The Morgan fingerprint density at radius 1 is 1.68 bits per heavy atom. The number of carbonyl (C=O) groups excluding carboxylic acids is 1. The van der Waals surface area contributed by atoms with E-state index in [0.717, 1.165) is 43.9 Å². The molecule has 3 N–H and O–H groups in total. The van der Waals surface area contributed by atoms with Gasteiger partial charge in [0.05, 0.1) is 18.2 Å². The second-order valence-electron chi connectivity index (χ2n) is 5.09. The maximum Gasteiger partial charge on any atom is 0.224 e. The third-order valence-corrected chi connectivity index (χ3v) is 3.38. The molecule has 0 spiro atoms. The van der Waals surface area contributed by atoms with Crippen molar-refractivity contribution in [2.45, 2.75) is 26.3 Å². The van der Waals surface area contributed by atoms with Crippen molar-refractivity contribution < 1.29 is 9.32 Å². The average Bonchev–Trinajstić information content (AvgIpc) is 2.81. The molecule has 1 aliphatic rings. The number of amides is 1. The maximum atomic E-state index is 11.9. The minimum Gasteiger partial charge on any atom is -0.360 e. The minimum atomic E-state index is 0.0596. The molecule has 0 saturated carbocycles. The van der Waals surface area contributed by atoms with Gasteiger partial charge in [-0.1, -0.05) is 5.16 Å². The van der Waals surface area contributed by atoms with Crippen LogP contribution in [0.15, 0.2) is 10.6 Å². The van der Waals surface area contributed by atoms with Crippen LogP contribution >= 0.6 is 0 Å². The Bertz CT molecular complexity index is 419. The van der Waals surface area contributed by atoms with Crippen LogP contribution in [0.5, 0.6) is 0 Å². The van der Waals surface area contributed by atoms with Crippen LogP contribution in [0.2, 0.25) is 0 Å². The van der Waals surface area contributed by atoms with E-state index in [0.29, 0.717) is 13.1 Å². The highest BCUT2D eigenvalue weighted by Crippen LogP contribution is 2.19. The first kappa shape index (κ1) is 14.0. The second-order valence-corrected chi connectivity index (χ2v) is 5.09. The normalized spacial score (nSPS) is 20.4. The first-order chi connectivity index (χ1) is 9.19. The van der Waals surface area contributed by atoms with Crippen LogP contribution in [0, 0.1) is 12.8 Å². The van der Waals surface area contributed by atoms with E-state index in [1.54, 1.807) is 0 Å². The van der Waals surface area contributed by atoms with Crippen molar-refractivity contribution in [2.75, 3.05) is 26.2 Å². The summed E-state index contributed by atoms with van der Waals surface area (Å²) in [5.74, 6) is 1.04. The van der Waals surface area contributed by atoms with Crippen LogP contribution in [0.4, 0.5) is 0 Å². The molecule has 6 nitrogen and oxygen atoms in total. The Morgan fingerprint density at radius 3 is 3.21 bits per heavy atom. The molecule has 106 valence electrons. The Morgan fingerprint density at radius 2 is 2.53 bits per heavy atom. The van der Waals surface area contributed by atoms with Gasteiger partial charge in [0.1, 0.15) is 0 Å². The van der Waals surface area contributed by atoms with Gasteiger partial charge in [-0.25, -0.2) is 0 Å². The van der Waals surface area contributed by atoms with Crippen LogP contribution in [0.25, 0.3) is 0 Å². The van der Waals surface area contributed by atoms with Gasteiger partial charge < -0.3 is 15.6 Å². The second kappa shape index (κ2) is 6.68. The van der Waals surface area contributed by atoms with Crippen LogP contribution < -0.4 is 11.1 Å². The predicted molar refractivity (Wildman–Crippen MR) is 71.3 cm³/mol. The Balaban J connectivity index is 1.84. The number of rotatable bonds is 5. The summed E-state index contributed by atoms with van der Waals surface area (Å²) in [7, 11) is 0. The van der Waals surface area contributed by atoms with Crippen LogP contribution in [0.1, 0.15) is 24.3 Å². The lowest BCUT2D eigenvalue weighted by atomic mass is 9.97. The molecule has 19 heavy (non-hydrogen) atoms. The van der Waals surface area contributed by atoms with Gasteiger partial charge in [-0.3, -0.25) is 9.69 Å². The lowest BCUT2D eigenvalue weighted by Crippen LogP contribution is -2.43. The summed E-state index contributed by atoms with van der Waals surface area (Å²) >= 11 is 0. The van der Waals surface area contributed by atoms with Gasteiger partial charge >= 0.3 is 0 Å². The summed E-state index contributed by atoms with van der Waals surface area (Å²) in [4.78, 5) is 14.2. The SMILES string of the molecule is Cc1cc(CN2CCCC(C(=O)NCCN)C2)on1. The highest BCUT2D eigenvalue weighted by Gasteiger charge is 2.26. The largest absolute Gasteiger partial charge is 0.360 e. The highest BCUT2D eigenvalue weighted by atomic mass is 16.5. The first-order valence-corrected chi connectivity index (χ1v) is 6.81. The van der Waals surface area contributed by atoms with Gasteiger partial charge in [-0.15, -0.1) is 0 Å². The van der Waals surface area contributed by atoms with Crippen molar-refractivity contribution in [1.82, 2.24) is 15.4 Å². The molecule has 1 unspecified atom stereocenters. The molecule has 0 aromatic carbocycles. The number of nitrogens with one attached hydrogen (secondary N) is 1. The van der Waals surface area contributed by atoms with Crippen LogP contribution in [0.3, 0.4) is 0 Å². The quantitative estimate of drug-likeness (QED) is 0.799. The number of likely N-dealkylation sites (tertiary alicyclic amines) is 1. The van der Waals surface area contributed by atoms with Crippen LogP contribution in [-0.2, 0) is 11.3 Å². The summed E-state index contributed by atoms with van der Waals surface area (Å²) < 4.78 is 5.22. The zero-order valence-electron chi connectivity index (χ0n) is 11.4. The van der Waals surface area contributed by atoms with E-state index in [9.17, 15) is 4.79 Å². The molecule has 2 heterocycles. The fraction of sp³-hybridized carbons (Fsp3) is 0.692. The number of hydrogen-bond donors (Lipinski definition) is 2. The smallest absolute Gasteiger partial charge is 0.224 e. The van der Waals surface area contributed by atoms with Gasteiger partial charge in [0, 0.05) is 25.7 Å². The maximum absolute atomic E-state index is 11.9. The molecule has 0 aliphatic carbocycles. The molecule has 1 fully saturated rings. The van der Waals surface area contributed by atoms with Crippen molar-refractivity contribution in [1.29, 1.82) is 0 Å². The van der Waals surface area contributed by atoms with E-state index >= 15 is 0 Å². The van der Waals surface area contributed by atoms with Crippen LogP contribution in [-0.4, -0.2) is 42.1 Å². The lowest BCUT2D eigenvalue weighted by Gasteiger charge is -2.31. The molecule has 0 radical (unpaired) electrons. The number of nitrogens with zero attached hydrogens (tertiary/aromatic N) is 2. The number of aryl methyl sites for hydroxylation is 1. The number of carbonyl (C=O) groups is 1. The van der Waals surface area contributed by atoms with Crippen molar-refractivity contribution >= 4 is 5.91 Å². The van der Waals surface area contributed by atoms with E-state index < -0.39 is 0 Å². The molecule has 1 atom stereocenters. The lowest BCUT2D eigenvalue weighted by molar-refractivity contribution is -0.126. The molecule has 1 saturated heterocycles. The Labute approximate surface area is 113 Å². The zero-order chi connectivity index (χ0) is 13.7. The summed E-state index contributed by atoms with van der Waals surface area (Å²) in [5, 5.41) is 6.75. The van der Waals surface area contributed by atoms with Crippen molar-refractivity contribution in [3.63, 3.8) is 0 Å². The van der Waals surface area contributed by atoms with Crippen molar-refractivity contribution in [3.8, 4) is 0 Å². The summed E-state index contributed by atoms with van der Waals surface area (Å²) in [6.45, 7) is 5.44. The standard InChI is InChI=1S/C13H22N4O2/c1-10-7-12(19-16-10)9-17-6-2-3-11(8-17)13(18)15-5-4-14/h7,11H,2-6,8-9,14H2,1H3,(H,15,18). The summed E-state index contributed by atoms with van der Waals surface area (Å²) in [6.07, 6.45) is 1.98. The van der Waals surface area contributed by atoms with Gasteiger partial charge in [-0.05, 0) is 26.3 Å². The number of aromatic nitrogens is 1. The minimum absolute atomic E-state index is 0.0596. The fourth-order valence-electron chi connectivity index (χ4n) is 2.46.